The summed E-state index contributed by atoms with van der Waals surface area (Å²) >= 11 is 0. The largest absolute Gasteiger partial charge is 0.393 e. The Kier molecular flexibility index (Phi) is 9.90. The molecule has 32 heavy (non-hydrogen) atoms. The van der Waals surface area contributed by atoms with Crippen LogP contribution < -0.4 is 0 Å². The van der Waals surface area contributed by atoms with Crippen LogP contribution in [0.15, 0.2) is 0 Å². The highest BCUT2D eigenvalue weighted by Gasteiger charge is 2.80. The second kappa shape index (κ2) is 10.6. The Morgan fingerprint density at radius 2 is 0.938 bits per heavy atom. The molecule has 11 nitrogen and oxygen atoms in total. The number of aliphatic hydroxyl groups is 5. The minimum atomic E-state index is -4.20. The van der Waals surface area contributed by atoms with E-state index in [1.165, 1.54) is 6.92 Å². The van der Waals surface area contributed by atoms with Gasteiger partial charge in [0.15, 0.2) is 28.7 Å². The number of Topliss-reactive ketones (excluding diaryl/α,β-unsaturated/α-hetero) is 6. The highest BCUT2D eigenvalue weighted by atomic mass is 16.4. The SMILES string of the molecule is CCC(=O)C(=O)[C@@](O)(C(=O)CC)[C@](O)(C(=O)CC)[C@@](O)(C(=O)CC)[C@](O)(CO)C(=O)CC. The molecule has 0 aliphatic carbocycles. The van der Waals surface area contributed by atoms with Crippen LogP contribution in [0.25, 0.3) is 0 Å². The van der Waals surface area contributed by atoms with Gasteiger partial charge in [-0.2, -0.15) is 0 Å². The Hall–Kier alpha value is -2.18. The fourth-order valence-corrected chi connectivity index (χ4v) is 3.72. The van der Waals surface area contributed by atoms with Gasteiger partial charge in [-0.05, 0) is 0 Å². The summed E-state index contributed by atoms with van der Waals surface area (Å²) in [6.07, 6.45) is -3.57. The maximum atomic E-state index is 13.0. The Balaban J connectivity index is 8.00. The van der Waals surface area contributed by atoms with E-state index in [0.29, 0.717) is 0 Å². The molecule has 5 N–H and O–H groups in total. The fourth-order valence-electron chi connectivity index (χ4n) is 3.72. The van der Waals surface area contributed by atoms with E-state index in [4.69, 9.17) is 0 Å². The second-order valence-corrected chi connectivity index (χ2v) is 7.36. The fraction of sp³-hybridized carbons (Fsp3) is 0.714. The van der Waals surface area contributed by atoms with E-state index < -0.39 is 95.8 Å². The van der Waals surface area contributed by atoms with Gasteiger partial charge in [-0.25, -0.2) is 0 Å². The van der Waals surface area contributed by atoms with E-state index in [1.54, 1.807) is 0 Å². The molecule has 0 aromatic carbocycles. The van der Waals surface area contributed by atoms with Crippen molar-refractivity contribution < 1.29 is 54.3 Å². The van der Waals surface area contributed by atoms with Crippen molar-refractivity contribution in [3.05, 3.63) is 0 Å². The molecule has 0 amide bonds. The lowest BCUT2D eigenvalue weighted by Gasteiger charge is -2.53. The van der Waals surface area contributed by atoms with Gasteiger partial charge >= 0.3 is 0 Å². The molecular weight excluding hydrogens is 428 g/mol. The normalized spacial score (nSPS) is 18.9. The van der Waals surface area contributed by atoms with Crippen molar-refractivity contribution in [2.75, 3.05) is 6.61 Å². The Labute approximate surface area is 185 Å². The predicted octanol–water partition coefficient (Wildman–Crippen LogP) is -1.63. The summed E-state index contributed by atoms with van der Waals surface area (Å²) < 4.78 is 0. The van der Waals surface area contributed by atoms with Crippen molar-refractivity contribution in [1.29, 1.82) is 0 Å². The molecule has 0 unspecified atom stereocenters. The van der Waals surface area contributed by atoms with Crippen LogP contribution in [0.4, 0.5) is 0 Å². The van der Waals surface area contributed by atoms with Crippen LogP contribution in [0.5, 0.6) is 0 Å². The number of carbonyl (C=O) groups is 6. The van der Waals surface area contributed by atoms with Crippen LogP contribution in [0.3, 0.4) is 0 Å². The maximum absolute atomic E-state index is 13.0. The monoisotopic (exact) mass is 460 g/mol. The van der Waals surface area contributed by atoms with Gasteiger partial charge in [-0.3, -0.25) is 28.8 Å². The summed E-state index contributed by atoms with van der Waals surface area (Å²) in [5.41, 5.74) is -15.9. The highest BCUT2D eigenvalue weighted by Crippen LogP contribution is 2.45. The Bertz CT molecular complexity index is 804. The average Bonchev–Trinajstić information content (AvgIpc) is 2.82. The topological polar surface area (TPSA) is 204 Å². The molecule has 0 aliphatic heterocycles. The quantitative estimate of drug-likeness (QED) is 0.139. The lowest BCUT2D eigenvalue weighted by atomic mass is 9.55. The molecule has 182 valence electrons. The molecule has 0 heterocycles. The van der Waals surface area contributed by atoms with Gasteiger partial charge in [-0.15, -0.1) is 0 Å². The standard InChI is InChI=1S/C21H32O11/c1-6-12(23)17(28)19(30,14(25)8-3)21(32,16(27)10-5)20(31,15(26)9-4)18(29,11-22)13(24)7-2/h22,29-32H,6-11H2,1-5H3/t18-,19-,20+,21+/m0/s1. The molecule has 4 atom stereocenters. The zero-order valence-electron chi connectivity index (χ0n) is 18.9. The van der Waals surface area contributed by atoms with Crippen molar-refractivity contribution in [2.24, 2.45) is 0 Å². The summed E-state index contributed by atoms with van der Waals surface area (Å²) in [6, 6.07) is 0. The van der Waals surface area contributed by atoms with E-state index in [9.17, 15) is 54.3 Å². The zero-order valence-corrected chi connectivity index (χ0v) is 18.9. The maximum Gasteiger partial charge on any atom is 0.241 e. The molecular formula is C21H32O11. The number of carbonyl (C=O) groups excluding carboxylic acids is 6. The molecule has 0 radical (unpaired) electrons. The van der Waals surface area contributed by atoms with Gasteiger partial charge in [0.05, 0.1) is 6.61 Å². The molecule has 0 aliphatic rings. The molecule has 0 rings (SSSR count). The van der Waals surface area contributed by atoms with Gasteiger partial charge in [-0.1, -0.05) is 34.6 Å². The van der Waals surface area contributed by atoms with Crippen LogP contribution in [-0.4, -0.2) is 89.2 Å². The van der Waals surface area contributed by atoms with E-state index in [2.05, 4.69) is 0 Å². The highest BCUT2D eigenvalue weighted by molar-refractivity contribution is 6.46. The minimum absolute atomic E-state index is 0.590. The van der Waals surface area contributed by atoms with E-state index in [1.807, 2.05) is 0 Å². The molecule has 0 bridgehead atoms. The summed E-state index contributed by atoms with van der Waals surface area (Å²) in [7, 11) is 0. The number of ketones is 6. The van der Waals surface area contributed by atoms with Crippen molar-refractivity contribution >= 4 is 34.7 Å². The number of aliphatic hydroxyl groups excluding tert-OH is 1. The number of rotatable bonds is 15. The molecule has 0 saturated heterocycles. The van der Waals surface area contributed by atoms with E-state index in [0.717, 1.165) is 27.7 Å². The third-order valence-electron chi connectivity index (χ3n) is 5.73. The third kappa shape index (κ3) is 3.88. The van der Waals surface area contributed by atoms with Gasteiger partial charge in [0.25, 0.3) is 0 Å². The second-order valence-electron chi connectivity index (χ2n) is 7.36. The third-order valence-corrected chi connectivity index (χ3v) is 5.73. The van der Waals surface area contributed by atoms with Gasteiger partial charge in [0, 0.05) is 32.1 Å². The lowest BCUT2D eigenvalue weighted by Crippen LogP contribution is -2.86. The molecule has 0 aromatic rings. The van der Waals surface area contributed by atoms with Crippen LogP contribution in [0.2, 0.25) is 0 Å². The summed E-state index contributed by atoms with van der Waals surface area (Å²) in [5, 5.41) is 55.1. The van der Waals surface area contributed by atoms with Crippen molar-refractivity contribution in [2.45, 2.75) is 89.1 Å². The zero-order chi connectivity index (χ0) is 25.7. The van der Waals surface area contributed by atoms with Crippen molar-refractivity contribution in [1.82, 2.24) is 0 Å². The van der Waals surface area contributed by atoms with Crippen molar-refractivity contribution in [3.63, 3.8) is 0 Å². The first-order valence-corrected chi connectivity index (χ1v) is 10.3. The first kappa shape index (κ1) is 29.8. The molecule has 0 fully saturated rings. The summed E-state index contributed by atoms with van der Waals surface area (Å²) in [6.45, 7) is 3.88. The summed E-state index contributed by atoms with van der Waals surface area (Å²) in [5.74, 6) is -9.84. The predicted molar refractivity (Wildman–Crippen MR) is 108 cm³/mol. The van der Waals surface area contributed by atoms with Gasteiger partial charge < -0.3 is 25.5 Å². The molecule has 0 saturated carbocycles. The molecule has 11 heteroatoms. The Morgan fingerprint density at radius 1 is 0.562 bits per heavy atom. The molecule has 0 aromatic heterocycles. The van der Waals surface area contributed by atoms with Crippen LogP contribution in [0.1, 0.15) is 66.7 Å². The van der Waals surface area contributed by atoms with Crippen LogP contribution >= 0.6 is 0 Å². The van der Waals surface area contributed by atoms with Gasteiger partial charge in [0.1, 0.15) is 0 Å². The number of hydrogen-bond acceptors (Lipinski definition) is 11. The first-order valence-electron chi connectivity index (χ1n) is 10.3. The minimum Gasteiger partial charge on any atom is -0.393 e. The van der Waals surface area contributed by atoms with Gasteiger partial charge in [0.2, 0.25) is 28.4 Å². The van der Waals surface area contributed by atoms with Crippen LogP contribution in [-0.2, 0) is 28.8 Å². The summed E-state index contributed by atoms with van der Waals surface area (Å²) in [4.78, 5) is 76.4. The van der Waals surface area contributed by atoms with E-state index in [-0.39, 0.29) is 0 Å². The molecule has 0 spiro atoms. The van der Waals surface area contributed by atoms with Crippen LogP contribution in [0, 0.1) is 0 Å². The first-order chi connectivity index (χ1) is 14.6. The van der Waals surface area contributed by atoms with Crippen molar-refractivity contribution in [3.8, 4) is 0 Å². The smallest absolute Gasteiger partial charge is 0.241 e. The average molecular weight is 460 g/mol. The Morgan fingerprint density at radius 3 is 1.25 bits per heavy atom. The number of hydrogen-bond donors (Lipinski definition) is 5. The lowest BCUT2D eigenvalue weighted by molar-refractivity contribution is -0.266. The van der Waals surface area contributed by atoms with E-state index >= 15 is 0 Å².